The zero-order chi connectivity index (χ0) is 12.2. The summed E-state index contributed by atoms with van der Waals surface area (Å²) < 4.78 is 0. The Labute approximate surface area is 97.6 Å². The van der Waals surface area contributed by atoms with Gasteiger partial charge in [0.2, 0.25) is 0 Å². The molecule has 0 bridgehead atoms. The van der Waals surface area contributed by atoms with Crippen LogP contribution in [0.2, 0.25) is 19.6 Å². The highest BCUT2D eigenvalue weighted by molar-refractivity contribution is 6.83. The summed E-state index contributed by atoms with van der Waals surface area (Å²) in [5, 5.41) is 18.5. The van der Waals surface area contributed by atoms with Crippen molar-refractivity contribution in [3.8, 4) is 17.5 Å². The highest BCUT2D eigenvalue weighted by Crippen LogP contribution is 2.13. The molecule has 1 rings (SSSR count). The van der Waals surface area contributed by atoms with Crippen LogP contribution in [0.25, 0.3) is 0 Å². The van der Waals surface area contributed by atoms with E-state index in [1.165, 1.54) is 0 Å². The predicted molar refractivity (Wildman–Crippen MR) is 67.2 cm³/mol. The molecule has 0 aliphatic heterocycles. The van der Waals surface area contributed by atoms with Gasteiger partial charge >= 0.3 is 0 Å². The van der Waals surface area contributed by atoms with Gasteiger partial charge in [-0.2, -0.15) is 5.26 Å². The third kappa shape index (κ3) is 3.90. The minimum atomic E-state index is -1.44. The van der Waals surface area contributed by atoms with Crippen LogP contribution in [0.4, 0.5) is 0 Å². The maximum Gasteiger partial charge on any atom is 0.139 e. The van der Waals surface area contributed by atoms with Crippen molar-refractivity contribution in [1.82, 2.24) is 0 Å². The first kappa shape index (κ1) is 12.5. The van der Waals surface area contributed by atoms with Crippen LogP contribution >= 0.6 is 0 Å². The molecule has 0 fully saturated rings. The largest absolute Gasteiger partial charge is 0.376 e. The van der Waals surface area contributed by atoms with Crippen molar-refractivity contribution in [2.45, 2.75) is 25.7 Å². The molecule has 1 atom stereocenters. The third-order valence-electron chi connectivity index (χ3n) is 1.94. The van der Waals surface area contributed by atoms with E-state index in [4.69, 9.17) is 5.26 Å². The molecule has 2 nitrogen and oxygen atoms in total. The van der Waals surface area contributed by atoms with Crippen LogP contribution in [0.5, 0.6) is 0 Å². The quantitative estimate of drug-likeness (QED) is 0.594. The first-order valence-electron chi connectivity index (χ1n) is 5.13. The maximum absolute atomic E-state index is 9.81. The van der Waals surface area contributed by atoms with Crippen molar-refractivity contribution in [2.75, 3.05) is 0 Å². The van der Waals surface area contributed by atoms with E-state index < -0.39 is 14.2 Å². The molecule has 0 spiro atoms. The SMILES string of the molecule is C[Si](C)(C)C#CC(O)c1ccc(C#N)cc1. The average molecular weight is 229 g/mol. The molecule has 1 unspecified atom stereocenters. The first-order valence-corrected chi connectivity index (χ1v) is 8.63. The monoisotopic (exact) mass is 229 g/mol. The van der Waals surface area contributed by atoms with E-state index in [-0.39, 0.29) is 0 Å². The topological polar surface area (TPSA) is 44.0 Å². The van der Waals surface area contributed by atoms with E-state index in [0.717, 1.165) is 5.56 Å². The Morgan fingerprint density at radius 2 is 1.75 bits per heavy atom. The molecule has 1 aromatic carbocycles. The molecule has 3 heteroatoms. The normalized spacial score (nSPS) is 12.2. The van der Waals surface area contributed by atoms with Gasteiger partial charge in [-0.1, -0.05) is 37.7 Å². The fourth-order valence-corrected chi connectivity index (χ4v) is 1.68. The Balaban J connectivity index is 2.84. The summed E-state index contributed by atoms with van der Waals surface area (Å²) in [6, 6.07) is 8.89. The first-order chi connectivity index (χ1) is 7.42. The van der Waals surface area contributed by atoms with Crippen LogP contribution in [-0.2, 0) is 0 Å². The van der Waals surface area contributed by atoms with E-state index in [1.807, 2.05) is 6.07 Å². The second kappa shape index (κ2) is 4.98. The lowest BCUT2D eigenvalue weighted by molar-refractivity contribution is 0.238. The van der Waals surface area contributed by atoms with Gasteiger partial charge in [-0.25, -0.2) is 0 Å². The van der Waals surface area contributed by atoms with Crippen molar-refractivity contribution in [1.29, 1.82) is 5.26 Å². The minimum Gasteiger partial charge on any atom is -0.376 e. The molecule has 0 amide bonds. The van der Waals surface area contributed by atoms with Gasteiger partial charge in [0.05, 0.1) is 11.6 Å². The molecule has 0 aliphatic rings. The molecule has 82 valence electrons. The smallest absolute Gasteiger partial charge is 0.139 e. The van der Waals surface area contributed by atoms with E-state index >= 15 is 0 Å². The fraction of sp³-hybridized carbons (Fsp3) is 0.308. The molecular formula is C13H15NOSi. The molecule has 0 aromatic heterocycles. The number of hydrogen-bond acceptors (Lipinski definition) is 2. The number of rotatable bonds is 1. The van der Waals surface area contributed by atoms with Crippen molar-refractivity contribution in [3.63, 3.8) is 0 Å². The summed E-state index contributed by atoms with van der Waals surface area (Å²) in [4.78, 5) is 0. The molecule has 0 saturated carbocycles. The van der Waals surface area contributed by atoms with Crippen LogP contribution < -0.4 is 0 Å². The van der Waals surface area contributed by atoms with Gasteiger partial charge in [0.15, 0.2) is 0 Å². The van der Waals surface area contributed by atoms with Gasteiger partial charge in [-0.05, 0) is 17.7 Å². The summed E-state index contributed by atoms with van der Waals surface area (Å²) in [5.41, 5.74) is 4.45. The molecule has 0 aliphatic carbocycles. The van der Waals surface area contributed by atoms with Gasteiger partial charge < -0.3 is 5.11 Å². The van der Waals surface area contributed by atoms with Crippen LogP contribution in [0, 0.1) is 22.8 Å². The highest BCUT2D eigenvalue weighted by atomic mass is 28.3. The number of benzene rings is 1. The van der Waals surface area contributed by atoms with Gasteiger partial charge in [-0.15, -0.1) is 5.54 Å². The van der Waals surface area contributed by atoms with E-state index in [9.17, 15) is 5.11 Å². The Bertz CT molecular complexity index is 454. The molecule has 16 heavy (non-hydrogen) atoms. The minimum absolute atomic E-state index is 0.592. The molecule has 0 heterocycles. The predicted octanol–water partition coefficient (Wildman–Crippen LogP) is 2.47. The Morgan fingerprint density at radius 3 is 2.19 bits per heavy atom. The van der Waals surface area contributed by atoms with Crippen molar-refractivity contribution >= 4 is 8.07 Å². The number of nitrogens with zero attached hydrogens (tertiary/aromatic N) is 1. The van der Waals surface area contributed by atoms with Crippen molar-refractivity contribution in [3.05, 3.63) is 35.4 Å². The van der Waals surface area contributed by atoms with E-state index in [1.54, 1.807) is 24.3 Å². The van der Waals surface area contributed by atoms with Crippen molar-refractivity contribution < 1.29 is 5.11 Å². The third-order valence-corrected chi connectivity index (χ3v) is 2.83. The lowest BCUT2D eigenvalue weighted by Crippen LogP contribution is -2.16. The number of aliphatic hydroxyl groups excluding tert-OH is 1. The number of nitriles is 1. The summed E-state index contributed by atoms with van der Waals surface area (Å²) in [6.07, 6.45) is -0.750. The molecule has 0 saturated heterocycles. The van der Waals surface area contributed by atoms with Gasteiger partial charge in [-0.3, -0.25) is 0 Å². The summed E-state index contributed by atoms with van der Waals surface area (Å²) in [7, 11) is -1.44. The lowest BCUT2D eigenvalue weighted by Gasteiger charge is -2.07. The summed E-state index contributed by atoms with van der Waals surface area (Å²) >= 11 is 0. The molecular weight excluding hydrogens is 214 g/mol. The summed E-state index contributed by atoms with van der Waals surface area (Å²) in [6.45, 7) is 6.39. The van der Waals surface area contributed by atoms with Gasteiger partial charge in [0, 0.05) is 0 Å². The second-order valence-corrected chi connectivity index (χ2v) is 9.41. The Hall–Kier alpha value is -1.55. The van der Waals surface area contributed by atoms with Crippen LogP contribution in [0.3, 0.4) is 0 Å². The van der Waals surface area contributed by atoms with Crippen LogP contribution in [0.1, 0.15) is 17.2 Å². The second-order valence-electron chi connectivity index (χ2n) is 4.66. The summed E-state index contributed by atoms with van der Waals surface area (Å²) in [5.74, 6) is 2.86. The fourth-order valence-electron chi connectivity index (χ4n) is 1.11. The zero-order valence-electron chi connectivity index (χ0n) is 9.78. The van der Waals surface area contributed by atoms with Crippen molar-refractivity contribution in [2.24, 2.45) is 0 Å². The standard InChI is InChI=1S/C13H15NOSi/c1-16(2,3)9-8-13(15)12-6-4-11(10-14)5-7-12/h4-7,13,15H,1-3H3. The highest BCUT2D eigenvalue weighted by Gasteiger charge is 2.09. The van der Waals surface area contributed by atoms with Gasteiger partial charge in [0.1, 0.15) is 14.2 Å². The Morgan fingerprint density at radius 1 is 1.19 bits per heavy atom. The average Bonchev–Trinajstić information content (AvgIpc) is 2.25. The lowest BCUT2D eigenvalue weighted by atomic mass is 10.1. The molecule has 1 N–H and O–H groups in total. The Kier molecular flexibility index (Phi) is 3.90. The molecule has 0 radical (unpaired) electrons. The van der Waals surface area contributed by atoms with E-state index in [2.05, 4.69) is 31.1 Å². The van der Waals surface area contributed by atoms with Gasteiger partial charge in [0.25, 0.3) is 0 Å². The van der Waals surface area contributed by atoms with Crippen LogP contribution in [0.15, 0.2) is 24.3 Å². The molecule has 1 aromatic rings. The zero-order valence-corrected chi connectivity index (χ0v) is 10.8. The van der Waals surface area contributed by atoms with E-state index in [0.29, 0.717) is 5.56 Å². The number of aliphatic hydroxyl groups is 1. The van der Waals surface area contributed by atoms with Crippen LogP contribution in [-0.4, -0.2) is 13.2 Å². The maximum atomic E-state index is 9.81. The number of hydrogen-bond donors (Lipinski definition) is 1.